The van der Waals surface area contributed by atoms with Crippen molar-refractivity contribution in [1.82, 2.24) is 0 Å². The van der Waals surface area contributed by atoms with Gasteiger partial charge in [-0.15, -0.1) is 0 Å². The molecule has 1 aliphatic carbocycles. The molecule has 0 aliphatic heterocycles. The first-order valence-corrected chi connectivity index (χ1v) is 4.06. The van der Waals surface area contributed by atoms with Crippen molar-refractivity contribution in [3.05, 3.63) is 0 Å². The number of hydrogen-bond acceptors (Lipinski definition) is 2. The molecule has 2 atom stereocenters. The molecule has 0 aromatic rings. The van der Waals surface area contributed by atoms with Gasteiger partial charge in [-0.2, -0.15) is 0 Å². The van der Waals surface area contributed by atoms with E-state index in [1.54, 1.807) is 0 Å². The van der Waals surface area contributed by atoms with Crippen LogP contribution in [0.5, 0.6) is 0 Å². The molecule has 1 saturated carbocycles. The highest BCUT2D eigenvalue weighted by molar-refractivity contribution is 4.90. The minimum atomic E-state index is -2.26. The minimum Gasteiger partial charge on any atom is -0.345 e. The highest BCUT2D eigenvalue weighted by Crippen LogP contribution is 2.44. The van der Waals surface area contributed by atoms with Gasteiger partial charge < -0.3 is 9.47 Å². The Labute approximate surface area is 70.8 Å². The second-order valence-corrected chi connectivity index (χ2v) is 3.07. The molecular formula is C8H14F2O2. The predicted molar refractivity (Wildman–Crippen MR) is 40.2 cm³/mol. The molecule has 0 spiro atoms. The Balaban J connectivity index is 2.79. The molecule has 2 nitrogen and oxygen atoms in total. The van der Waals surface area contributed by atoms with E-state index < -0.39 is 11.7 Å². The lowest BCUT2D eigenvalue weighted by atomic mass is 9.90. The number of alkyl halides is 2. The fourth-order valence-corrected chi connectivity index (χ4v) is 1.59. The summed E-state index contributed by atoms with van der Waals surface area (Å²) in [5.41, 5.74) is 0. The molecule has 0 aromatic carbocycles. The van der Waals surface area contributed by atoms with Crippen LogP contribution in [0.2, 0.25) is 0 Å². The molecule has 1 fully saturated rings. The molecule has 1 aliphatic rings. The number of rotatable bonds is 2. The first kappa shape index (κ1) is 9.86. The third kappa shape index (κ3) is 1.33. The highest BCUT2D eigenvalue weighted by Gasteiger charge is 2.56. The maximum absolute atomic E-state index is 13.6. The van der Waals surface area contributed by atoms with E-state index in [1.165, 1.54) is 14.2 Å². The van der Waals surface area contributed by atoms with Crippen molar-refractivity contribution >= 4 is 0 Å². The van der Waals surface area contributed by atoms with Gasteiger partial charge in [0.05, 0.1) is 0 Å². The standard InChI is InChI=1S/C8H14F2O2/c1-11-7(9)5-3-4-6-8(7,10)12-2/h3-6H2,1-2H3. The lowest BCUT2D eigenvalue weighted by Gasteiger charge is -2.40. The van der Waals surface area contributed by atoms with Crippen LogP contribution in [0.1, 0.15) is 25.7 Å². The molecule has 12 heavy (non-hydrogen) atoms. The van der Waals surface area contributed by atoms with Crippen LogP contribution in [0.15, 0.2) is 0 Å². The van der Waals surface area contributed by atoms with Crippen molar-refractivity contribution in [2.45, 2.75) is 37.4 Å². The third-order valence-corrected chi connectivity index (χ3v) is 2.45. The summed E-state index contributed by atoms with van der Waals surface area (Å²) in [4.78, 5) is 0. The summed E-state index contributed by atoms with van der Waals surface area (Å²) < 4.78 is 36.3. The Hall–Kier alpha value is -0.220. The van der Waals surface area contributed by atoms with E-state index in [0.29, 0.717) is 12.8 Å². The van der Waals surface area contributed by atoms with E-state index in [-0.39, 0.29) is 12.8 Å². The molecule has 2 unspecified atom stereocenters. The molecule has 0 bridgehead atoms. The largest absolute Gasteiger partial charge is 0.345 e. The molecule has 1 rings (SSSR count). The normalized spacial score (nSPS) is 43.0. The Morgan fingerprint density at radius 1 is 0.917 bits per heavy atom. The van der Waals surface area contributed by atoms with Crippen LogP contribution in [0.25, 0.3) is 0 Å². The van der Waals surface area contributed by atoms with Gasteiger partial charge >= 0.3 is 0 Å². The molecule has 0 radical (unpaired) electrons. The molecule has 0 saturated heterocycles. The van der Waals surface area contributed by atoms with Crippen molar-refractivity contribution in [1.29, 1.82) is 0 Å². The Morgan fingerprint density at radius 2 is 1.25 bits per heavy atom. The molecule has 0 amide bonds. The molecule has 4 heteroatoms. The third-order valence-electron chi connectivity index (χ3n) is 2.45. The minimum absolute atomic E-state index is 0.0633. The van der Waals surface area contributed by atoms with Gasteiger partial charge in [-0.25, -0.2) is 8.78 Å². The van der Waals surface area contributed by atoms with E-state index in [1.807, 2.05) is 0 Å². The van der Waals surface area contributed by atoms with Gasteiger partial charge in [0.2, 0.25) is 0 Å². The zero-order valence-electron chi connectivity index (χ0n) is 7.40. The maximum Gasteiger partial charge on any atom is 0.268 e. The predicted octanol–water partition coefficient (Wildman–Crippen LogP) is 2.18. The second-order valence-electron chi connectivity index (χ2n) is 3.07. The van der Waals surface area contributed by atoms with Gasteiger partial charge in [0, 0.05) is 27.1 Å². The summed E-state index contributed by atoms with van der Waals surface area (Å²) >= 11 is 0. The number of halogens is 2. The SMILES string of the molecule is COC1(F)CCCCC1(F)OC. The van der Waals surface area contributed by atoms with Crippen molar-refractivity contribution in [2.24, 2.45) is 0 Å². The second kappa shape index (κ2) is 3.26. The summed E-state index contributed by atoms with van der Waals surface area (Å²) in [6.07, 6.45) is 1.40. The van der Waals surface area contributed by atoms with Crippen molar-refractivity contribution in [2.75, 3.05) is 14.2 Å². The van der Waals surface area contributed by atoms with Gasteiger partial charge in [0.1, 0.15) is 0 Å². The van der Waals surface area contributed by atoms with Crippen molar-refractivity contribution < 1.29 is 18.3 Å². The Kier molecular flexibility index (Phi) is 2.68. The molecule has 0 N–H and O–H groups in total. The topological polar surface area (TPSA) is 18.5 Å². The summed E-state index contributed by atoms with van der Waals surface area (Å²) in [6, 6.07) is 0. The summed E-state index contributed by atoms with van der Waals surface area (Å²) in [6.45, 7) is 0. The average Bonchev–Trinajstić information content (AvgIpc) is 2.10. The molecule has 0 aromatic heterocycles. The summed E-state index contributed by atoms with van der Waals surface area (Å²) in [5.74, 6) is -4.53. The quantitative estimate of drug-likeness (QED) is 0.648. The van der Waals surface area contributed by atoms with E-state index in [2.05, 4.69) is 9.47 Å². The van der Waals surface area contributed by atoms with Gasteiger partial charge in [0.15, 0.2) is 0 Å². The van der Waals surface area contributed by atoms with Gasteiger partial charge in [-0.1, -0.05) is 0 Å². The van der Waals surface area contributed by atoms with Crippen LogP contribution in [0.4, 0.5) is 8.78 Å². The first-order chi connectivity index (χ1) is 5.58. The van der Waals surface area contributed by atoms with Gasteiger partial charge in [-0.3, -0.25) is 0 Å². The fraction of sp³-hybridized carbons (Fsp3) is 1.00. The molecule has 72 valence electrons. The van der Waals surface area contributed by atoms with Gasteiger partial charge in [-0.05, 0) is 12.8 Å². The van der Waals surface area contributed by atoms with E-state index in [9.17, 15) is 8.78 Å². The zero-order chi connectivity index (χ0) is 9.24. The lowest BCUT2D eigenvalue weighted by molar-refractivity contribution is -0.324. The fourth-order valence-electron chi connectivity index (χ4n) is 1.59. The molecular weight excluding hydrogens is 166 g/mol. The van der Waals surface area contributed by atoms with E-state index in [4.69, 9.17) is 0 Å². The Bertz CT molecular complexity index is 147. The average molecular weight is 180 g/mol. The number of methoxy groups -OCH3 is 2. The van der Waals surface area contributed by atoms with Crippen LogP contribution < -0.4 is 0 Å². The molecule has 0 heterocycles. The zero-order valence-corrected chi connectivity index (χ0v) is 7.40. The van der Waals surface area contributed by atoms with E-state index in [0.717, 1.165) is 0 Å². The van der Waals surface area contributed by atoms with Crippen LogP contribution >= 0.6 is 0 Å². The first-order valence-electron chi connectivity index (χ1n) is 4.06. The van der Waals surface area contributed by atoms with Crippen molar-refractivity contribution in [3.63, 3.8) is 0 Å². The monoisotopic (exact) mass is 180 g/mol. The van der Waals surface area contributed by atoms with Crippen molar-refractivity contribution in [3.8, 4) is 0 Å². The number of hydrogen-bond donors (Lipinski definition) is 0. The number of ether oxygens (including phenoxy) is 2. The maximum atomic E-state index is 13.6. The van der Waals surface area contributed by atoms with Crippen LogP contribution in [0, 0.1) is 0 Å². The van der Waals surface area contributed by atoms with E-state index >= 15 is 0 Å². The summed E-state index contributed by atoms with van der Waals surface area (Å²) in [7, 11) is 2.33. The van der Waals surface area contributed by atoms with Gasteiger partial charge in [0.25, 0.3) is 11.7 Å². The van der Waals surface area contributed by atoms with Crippen LogP contribution in [-0.4, -0.2) is 25.9 Å². The van der Waals surface area contributed by atoms with Crippen LogP contribution in [-0.2, 0) is 9.47 Å². The smallest absolute Gasteiger partial charge is 0.268 e. The summed E-state index contributed by atoms with van der Waals surface area (Å²) in [5, 5.41) is 0. The highest BCUT2D eigenvalue weighted by atomic mass is 19.2. The van der Waals surface area contributed by atoms with Crippen LogP contribution in [0.3, 0.4) is 0 Å². The Morgan fingerprint density at radius 3 is 1.50 bits per heavy atom. The lowest BCUT2D eigenvalue weighted by Crippen LogP contribution is -2.52.